The molecule has 0 bridgehead atoms. The standard InChI is InChI=1S/C16H26O/c1-13(2)10-11-17-12-16(14(3)4)15-8-6-5-7-9-15/h5-9,13-14,16H,10-12H2,1-4H3/t16-/m1/s1. The molecule has 0 unspecified atom stereocenters. The first kappa shape index (κ1) is 14.2. The van der Waals surface area contributed by atoms with Crippen LogP contribution in [0.4, 0.5) is 0 Å². The van der Waals surface area contributed by atoms with Gasteiger partial charge >= 0.3 is 0 Å². The van der Waals surface area contributed by atoms with Gasteiger partial charge in [-0.05, 0) is 23.8 Å². The molecule has 1 rings (SSSR count). The van der Waals surface area contributed by atoms with Crippen molar-refractivity contribution in [3.05, 3.63) is 35.9 Å². The van der Waals surface area contributed by atoms with Crippen LogP contribution in [0.25, 0.3) is 0 Å². The molecule has 17 heavy (non-hydrogen) atoms. The van der Waals surface area contributed by atoms with Gasteiger partial charge in [0.1, 0.15) is 0 Å². The lowest BCUT2D eigenvalue weighted by molar-refractivity contribution is 0.0996. The maximum absolute atomic E-state index is 5.82. The molecule has 0 spiro atoms. The SMILES string of the molecule is CC(C)CCOC[C@@H](c1ccccc1)C(C)C. The summed E-state index contributed by atoms with van der Waals surface area (Å²) in [4.78, 5) is 0. The summed E-state index contributed by atoms with van der Waals surface area (Å²) in [6.07, 6.45) is 1.15. The Hall–Kier alpha value is -0.820. The van der Waals surface area contributed by atoms with E-state index in [9.17, 15) is 0 Å². The van der Waals surface area contributed by atoms with E-state index in [0.717, 1.165) is 25.6 Å². The lowest BCUT2D eigenvalue weighted by Crippen LogP contribution is -2.15. The van der Waals surface area contributed by atoms with Crippen LogP contribution in [0.5, 0.6) is 0 Å². The Balaban J connectivity index is 2.45. The average molecular weight is 234 g/mol. The largest absolute Gasteiger partial charge is 0.381 e. The molecule has 0 heterocycles. The number of ether oxygens (including phenoxy) is 1. The fraction of sp³-hybridized carbons (Fsp3) is 0.625. The molecule has 0 aliphatic rings. The predicted molar refractivity (Wildman–Crippen MR) is 74.3 cm³/mol. The molecule has 1 aromatic rings. The fourth-order valence-corrected chi connectivity index (χ4v) is 1.90. The van der Waals surface area contributed by atoms with Crippen molar-refractivity contribution in [2.75, 3.05) is 13.2 Å². The van der Waals surface area contributed by atoms with Crippen LogP contribution in [0, 0.1) is 11.8 Å². The third-order valence-corrected chi connectivity index (χ3v) is 3.17. The van der Waals surface area contributed by atoms with E-state index >= 15 is 0 Å². The number of benzene rings is 1. The van der Waals surface area contributed by atoms with Crippen LogP contribution in [-0.4, -0.2) is 13.2 Å². The van der Waals surface area contributed by atoms with Crippen LogP contribution in [0.3, 0.4) is 0 Å². The van der Waals surface area contributed by atoms with Crippen molar-refractivity contribution < 1.29 is 4.74 Å². The van der Waals surface area contributed by atoms with Crippen LogP contribution in [0.1, 0.15) is 45.6 Å². The van der Waals surface area contributed by atoms with Gasteiger partial charge in [0, 0.05) is 12.5 Å². The second kappa shape index (κ2) is 7.50. The molecule has 1 nitrogen and oxygen atoms in total. The second-order valence-corrected chi connectivity index (χ2v) is 5.52. The van der Waals surface area contributed by atoms with Crippen LogP contribution >= 0.6 is 0 Å². The molecular formula is C16H26O. The highest BCUT2D eigenvalue weighted by Gasteiger charge is 2.15. The van der Waals surface area contributed by atoms with Gasteiger partial charge < -0.3 is 4.74 Å². The molecule has 0 N–H and O–H groups in total. The zero-order valence-electron chi connectivity index (χ0n) is 11.6. The minimum atomic E-state index is 0.517. The molecule has 0 fully saturated rings. The smallest absolute Gasteiger partial charge is 0.0537 e. The molecule has 0 aliphatic carbocycles. The van der Waals surface area contributed by atoms with Crippen LogP contribution in [-0.2, 0) is 4.74 Å². The van der Waals surface area contributed by atoms with Gasteiger partial charge in [-0.15, -0.1) is 0 Å². The quantitative estimate of drug-likeness (QED) is 0.632. The van der Waals surface area contributed by atoms with E-state index in [1.807, 2.05) is 0 Å². The zero-order chi connectivity index (χ0) is 12.7. The van der Waals surface area contributed by atoms with Crippen molar-refractivity contribution in [1.29, 1.82) is 0 Å². The van der Waals surface area contributed by atoms with Gasteiger partial charge in [0.25, 0.3) is 0 Å². The highest BCUT2D eigenvalue weighted by Crippen LogP contribution is 2.24. The zero-order valence-corrected chi connectivity index (χ0v) is 11.6. The first-order chi connectivity index (χ1) is 8.11. The summed E-state index contributed by atoms with van der Waals surface area (Å²) in [5, 5.41) is 0. The lowest BCUT2D eigenvalue weighted by atomic mass is 9.89. The van der Waals surface area contributed by atoms with E-state index in [2.05, 4.69) is 58.0 Å². The predicted octanol–water partition coefficient (Wildman–Crippen LogP) is 4.49. The summed E-state index contributed by atoms with van der Waals surface area (Å²) in [7, 11) is 0. The summed E-state index contributed by atoms with van der Waals surface area (Å²) in [5.74, 6) is 1.86. The van der Waals surface area contributed by atoms with Gasteiger partial charge in [0.05, 0.1) is 6.61 Å². The Morgan fingerprint density at radius 1 is 1.00 bits per heavy atom. The van der Waals surface area contributed by atoms with Gasteiger partial charge in [-0.1, -0.05) is 58.0 Å². The molecule has 1 aromatic carbocycles. The summed E-state index contributed by atoms with van der Waals surface area (Å²) < 4.78 is 5.82. The molecule has 0 saturated heterocycles. The molecule has 96 valence electrons. The van der Waals surface area contributed by atoms with Crippen molar-refractivity contribution in [3.63, 3.8) is 0 Å². The molecule has 0 aromatic heterocycles. The van der Waals surface area contributed by atoms with Gasteiger partial charge in [-0.25, -0.2) is 0 Å². The Morgan fingerprint density at radius 3 is 2.18 bits per heavy atom. The first-order valence-electron chi connectivity index (χ1n) is 6.74. The molecule has 0 amide bonds. The molecule has 1 heteroatoms. The van der Waals surface area contributed by atoms with E-state index in [0.29, 0.717) is 11.8 Å². The Kier molecular flexibility index (Phi) is 6.28. The Morgan fingerprint density at radius 2 is 1.65 bits per heavy atom. The Bertz CT molecular complexity index is 290. The van der Waals surface area contributed by atoms with Gasteiger partial charge in [-0.3, -0.25) is 0 Å². The minimum Gasteiger partial charge on any atom is -0.381 e. The minimum absolute atomic E-state index is 0.517. The van der Waals surface area contributed by atoms with Crippen LogP contribution < -0.4 is 0 Å². The van der Waals surface area contributed by atoms with Crippen molar-refractivity contribution >= 4 is 0 Å². The fourth-order valence-electron chi connectivity index (χ4n) is 1.90. The molecule has 1 atom stereocenters. The van der Waals surface area contributed by atoms with Crippen molar-refractivity contribution in [3.8, 4) is 0 Å². The van der Waals surface area contributed by atoms with E-state index < -0.39 is 0 Å². The highest BCUT2D eigenvalue weighted by atomic mass is 16.5. The van der Waals surface area contributed by atoms with Crippen LogP contribution in [0.2, 0.25) is 0 Å². The molecule has 0 radical (unpaired) electrons. The topological polar surface area (TPSA) is 9.23 Å². The maximum atomic E-state index is 5.82. The van der Waals surface area contributed by atoms with E-state index in [1.54, 1.807) is 0 Å². The van der Waals surface area contributed by atoms with Crippen molar-refractivity contribution in [1.82, 2.24) is 0 Å². The van der Waals surface area contributed by atoms with Crippen molar-refractivity contribution in [2.24, 2.45) is 11.8 Å². The summed E-state index contributed by atoms with van der Waals surface area (Å²) in [6, 6.07) is 10.7. The number of hydrogen-bond donors (Lipinski definition) is 0. The summed E-state index contributed by atoms with van der Waals surface area (Å²) in [6.45, 7) is 10.7. The monoisotopic (exact) mass is 234 g/mol. The summed E-state index contributed by atoms with van der Waals surface area (Å²) in [5.41, 5.74) is 1.40. The van der Waals surface area contributed by atoms with Crippen LogP contribution in [0.15, 0.2) is 30.3 Å². The molecular weight excluding hydrogens is 208 g/mol. The first-order valence-corrected chi connectivity index (χ1v) is 6.74. The molecule has 0 aliphatic heterocycles. The lowest BCUT2D eigenvalue weighted by Gasteiger charge is -2.21. The van der Waals surface area contributed by atoms with Crippen molar-refractivity contribution in [2.45, 2.75) is 40.0 Å². The Labute approximate surface area is 106 Å². The van der Waals surface area contributed by atoms with Gasteiger partial charge in [0.2, 0.25) is 0 Å². The van der Waals surface area contributed by atoms with E-state index in [1.165, 1.54) is 5.56 Å². The highest BCUT2D eigenvalue weighted by molar-refractivity contribution is 5.20. The normalized spacial score (nSPS) is 13.3. The van der Waals surface area contributed by atoms with Gasteiger partial charge in [-0.2, -0.15) is 0 Å². The maximum Gasteiger partial charge on any atom is 0.0537 e. The number of hydrogen-bond acceptors (Lipinski definition) is 1. The number of rotatable bonds is 7. The van der Waals surface area contributed by atoms with Gasteiger partial charge in [0.15, 0.2) is 0 Å². The third-order valence-electron chi connectivity index (χ3n) is 3.17. The second-order valence-electron chi connectivity index (χ2n) is 5.52. The average Bonchev–Trinajstić information content (AvgIpc) is 2.29. The third kappa shape index (κ3) is 5.36. The molecule has 0 saturated carbocycles. The van der Waals surface area contributed by atoms with E-state index in [4.69, 9.17) is 4.74 Å². The van der Waals surface area contributed by atoms with E-state index in [-0.39, 0.29) is 0 Å². The summed E-state index contributed by atoms with van der Waals surface area (Å²) >= 11 is 0.